The highest BCUT2D eigenvalue weighted by molar-refractivity contribution is 6.08. The van der Waals surface area contributed by atoms with E-state index in [0.29, 0.717) is 0 Å². The molecule has 2 aromatic rings. The lowest BCUT2D eigenvalue weighted by Crippen LogP contribution is -2.27. The third-order valence-electron chi connectivity index (χ3n) is 6.32. The van der Waals surface area contributed by atoms with Gasteiger partial charge in [-0.15, -0.1) is 0 Å². The third-order valence-corrected chi connectivity index (χ3v) is 6.32. The van der Waals surface area contributed by atoms with Crippen molar-refractivity contribution in [1.29, 1.82) is 0 Å². The maximum Gasteiger partial charge on any atom is 0.0890 e. The number of aliphatic imine (C=N–C) groups is 2. The van der Waals surface area contributed by atoms with Crippen molar-refractivity contribution in [3.63, 3.8) is 0 Å². The summed E-state index contributed by atoms with van der Waals surface area (Å²) < 4.78 is 0. The molecule has 5 rings (SSSR count). The van der Waals surface area contributed by atoms with Crippen LogP contribution in [-0.2, 0) is 10.8 Å². The standard InChI is InChI=1S/C26H24N2/c1-25(2)19-9-5-7-17(15-19)18-8-6-10-20(16-18)26(3,4)24-14-12-22(28-24)21-11-13-23(25)27-21/h5-16H,1-4H3. The highest BCUT2D eigenvalue weighted by Crippen LogP contribution is 2.37. The van der Waals surface area contributed by atoms with E-state index in [-0.39, 0.29) is 10.8 Å². The normalized spacial score (nSPS) is 20.7. The van der Waals surface area contributed by atoms with Crippen molar-refractivity contribution in [3.05, 3.63) is 95.4 Å². The molecule has 0 aliphatic carbocycles. The Balaban J connectivity index is 1.82. The minimum absolute atomic E-state index is 0.176. The molecule has 0 N–H and O–H groups in total. The first-order valence-corrected chi connectivity index (χ1v) is 9.86. The van der Waals surface area contributed by atoms with E-state index in [1.165, 1.54) is 22.3 Å². The summed E-state index contributed by atoms with van der Waals surface area (Å²) in [6.45, 7) is 8.97. The minimum atomic E-state index is -0.176. The summed E-state index contributed by atoms with van der Waals surface area (Å²) in [5.74, 6) is 0. The zero-order valence-electron chi connectivity index (χ0n) is 16.8. The molecule has 3 aliphatic rings. The molecule has 2 heteroatoms. The summed E-state index contributed by atoms with van der Waals surface area (Å²) in [5.41, 5.74) is 8.73. The van der Waals surface area contributed by atoms with Gasteiger partial charge in [-0.05, 0) is 46.6 Å². The first kappa shape index (κ1) is 17.1. The van der Waals surface area contributed by atoms with Gasteiger partial charge in [0.1, 0.15) is 0 Å². The van der Waals surface area contributed by atoms with Crippen LogP contribution in [0.15, 0.2) is 94.2 Å². The quantitative estimate of drug-likeness (QED) is 0.535. The second kappa shape index (κ2) is 5.75. The largest absolute Gasteiger partial charge is 0.250 e. The van der Waals surface area contributed by atoms with Gasteiger partial charge in [-0.1, -0.05) is 76.2 Å². The van der Waals surface area contributed by atoms with Crippen LogP contribution in [0, 0.1) is 0 Å². The van der Waals surface area contributed by atoms with Crippen LogP contribution in [0.2, 0.25) is 0 Å². The topological polar surface area (TPSA) is 24.7 Å². The van der Waals surface area contributed by atoms with E-state index in [2.05, 4.69) is 101 Å². The summed E-state index contributed by atoms with van der Waals surface area (Å²) in [4.78, 5) is 9.93. The summed E-state index contributed by atoms with van der Waals surface area (Å²) in [5, 5.41) is 0. The lowest BCUT2D eigenvalue weighted by molar-refractivity contribution is 0.719. The summed E-state index contributed by atoms with van der Waals surface area (Å²) >= 11 is 0. The molecule has 3 heterocycles. The van der Waals surface area contributed by atoms with Crippen molar-refractivity contribution in [1.82, 2.24) is 0 Å². The van der Waals surface area contributed by atoms with Gasteiger partial charge in [0.25, 0.3) is 0 Å². The van der Waals surface area contributed by atoms with Crippen molar-refractivity contribution in [2.75, 3.05) is 0 Å². The molecule has 2 aromatic carbocycles. The zero-order valence-corrected chi connectivity index (χ0v) is 16.8. The van der Waals surface area contributed by atoms with Gasteiger partial charge in [-0.3, -0.25) is 9.98 Å². The Morgan fingerprint density at radius 2 is 1.00 bits per heavy atom. The van der Waals surface area contributed by atoms with Gasteiger partial charge in [0.2, 0.25) is 0 Å². The molecule has 0 fully saturated rings. The van der Waals surface area contributed by atoms with E-state index >= 15 is 0 Å². The van der Waals surface area contributed by atoms with Crippen LogP contribution < -0.4 is 0 Å². The van der Waals surface area contributed by atoms with E-state index in [1.807, 2.05) is 0 Å². The molecule has 0 atom stereocenters. The number of hydrogen-bond donors (Lipinski definition) is 0. The Hall–Kier alpha value is -3.00. The fourth-order valence-corrected chi connectivity index (χ4v) is 4.18. The van der Waals surface area contributed by atoms with Crippen LogP contribution in [0.1, 0.15) is 38.8 Å². The average molecular weight is 364 g/mol. The Labute approximate surface area is 166 Å². The molecule has 0 saturated carbocycles. The number of nitrogens with zero attached hydrogens (tertiary/aromatic N) is 2. The number of allylic oxidation sites excluding steroid dienone is 4. The summed E-state index contributed by atoms with van der Waals surface area (Å²) in [7, 11) is 0. The molecule has 0 radical (unpaired) electrons. The van der Waals surface area contributed by atoms with E-state index < -0.39 is 0 Å². The molecule has 0 saturated heterocycles. The summed E-state index contributed by atoms with van der Waals surface area (Å²) in [6, 6.07) is 17.7. The summed E-state index contributed by atoms with van der Waals surface area (Å²) in [6.07, 6.45) is 8.47. The van der Waals surface area contributed by atoms with Gasteiger partial charge in [0.15, 0.2) is 0 Å². The van der Waals surface area contributed by atoms with Crippen molar-refractivity contribution in [3.8, 4) is 11.1 Å². The Morgan fingerprint density at radius 3 is 1.43 bits per heavy atom. The van der Waals surface area contributed by atoms with Gasteiger partial charge in [0.05, 0.1) is 22.8 Å². The van der Waals surface area contributed by atoms with Gasteiger partial charge >= 0.3 is 0 Å². The molecule has 0 aromatic heterocycles. The molecule has 28 heavy (non-hydrogen) atoms. The molecule has 0 unspecified atom stereocenters. The first-order chi connectivity index (χ1) is 13.4. The van der Waals surface area contributed by atoms with Crippen LogP contribution in [0.4, 0.5) is 0 Å². The predicted molar refractivity (Wildman–Crippen MR) is 118 cm³/mol. The Kier molecular flexibility index (Phi) is 3.51. The first-order valence-electron chi connectivity index (χ1n) is 9.86. The van der Waals surface area contributed by atoms with E-state index in [0.717, 1.165) is 22.8 Å². The highest BCUT2D eigenvalue weighted by Gasteiger charge is 2.31. The molecule has 8 bridgehead atoms. The lowest BCUT2D eigenvalue weighted by atomic mass is 9.78. The number of rotatable bonds is 0. The van der Waals surface area contributed by atoms with Gasteiger partial charge in [0, 0.05) is 10.8 Å². The second-order valence-electron chi connectivity index (χ2n) is 8.84. The number of hydrogen-bond acceptors (Lipinski definition) is 2. The fourth-order valence-electron chi connectivity index (χ4n) is 4.18. The monoisotopic (exact) mass is 364 g/mol. The Morgan fingerprint density at radius 1 is 0.571 bits per heavy atom. The molecular formula is C26H24N2. The number of fused-ring (bicyclic) bond motifs is 7. The maximum absolute atomic E-state index is 4.96. The van der Waals surface area contributed by atoms with Crippen LogP contribution >= 0.6 is 0 Å². The second-order valence-corrected chi connectivity index (χ2v) is 8.84. The van der Waals surface area contributed by atoms with E-state index in [1.54, 1.807) is 0 Å². The van der Waals surface area contributed by atoms with Crippen LogP contribution in [-0.4, -0.2) is 11.4 Å². The van der Waals surface area contributed by atoms with E-state index in [4.69, 9.17) is 9.98 Å². The van der Waals surface area contributed by atoms with Gasteiger partial charge in [-0.2, -0.15) is 0 Å². The molecular weight excluding hydrogens is 340 g/mol. The molecule has 0 spiro atoms. The fraction of sp³-hybridized carbons (Fsp3) is 0.231. The molecule has 0 amide bonds. The smallest absolute Gasteiger partial charge is 0.0890 e. The Bertz CT molecular complexity index is 1060. The van der Waals surface area contributed by atoms with Gasteiger partial charge < -0.3 is 0 Å². The predicted octanol–water partition coefficient (Wildman–Crippen LogP) is 6.16. The third kappa shape index (κ3) is 2.48. The average Bonchev–Trinajstić information content (AvgIpc) is 3.37. The van der Waals surface area contributed by atoms with Crippen molar-refractivity contribution < 1.29 is 0 Å². The van der Waals surface area contributed by atoms with Crippen molar-refractivity contribution in [2.24, 2.45) is 9.98 Å². The SMILES string of the molecule is CC1(C)C2=NC(=C3C=CC(=N3)C(C)(C)c3cccc(c3)-c3cccc1c3)C=C2. The molecule has 138 valence electrons. The van der Waals surface area contributed by atoms with Crippen molar-refractivity contribution >= 4 is 11.4 Å². The minimum Gasteiger partial charge on any atom is -0.250 e. The number of benzene rings is 2. The molecule has 2 nitrogen and oxygen atoms in total. The van der Waals surface area contributed by atoms with E-state index in [9.17, 15) is 0 Å². The molecule has 3 aliphatic heterocycles. The van der Waals surface area contributed by atoms with Crippen molar-refractivity contribution in [2.45, 2.75) is 38.5 Å². The zero-order chi connectivity index (χ0) is 19.5. The highest BCUT2D eigenvalue weighted by atomic mass is 14.9. The van der Waals surface area contributed by atoms with Gasteiger partial charge in [-0.25, -0.2) is 0 Å². The van der Waals surface area contributed by atoms with Crippen LogP contribution in [0.3, 0.4) is 0 Å². The van der Waals surface area contributed by atoms with Crippen LogP contribution in [0.25, 0.3) is 11.1 Å². The maximum atomic E-state index is 4.96. The van der Waals surface area contributed by atoms with Crippen LogP contribution in [0.5, 0.6) is 0 Å². The lowest BCUT2D eigenvalue weighted by Gasteiger charge is -2.27.